The van der Waals surface area contributed by atoms with Gasteiger partial charge in [0.05, 0.1) is 15.6 Å². The Labute approximate surface area is 206 Å². The number of phenols is 1. The minimum Gasteiger partial charge on any atom is -0.506 e. The van der Waals surface area contributed by atoms with Gasteiger partial charge in [-0.2, -0.15) is 5.10 Å². The van der Waals surface area contributed by atoms with Crippen LogP contribution in [0, 0.1) is 28.9 Å². The van der Waals surface area contributed by atoms with Crippen molar-refractivity contribution < 1.29 is 14.8 Å². The summed E-state index contributed by atoms with van der Waals surface area (Å²) in [5.74, 6) is 1.02. The number of phenolic OH excluding ortho intramolecular Hbond substituents is 1. The minimum atomic E-state index is -0.557. The fourth-order valence-corrected chi connectivity index (χ4v) is 7.36. The van der Waals surface area contributed by atoms with Crippen LogP contribution in [0.2, 0.25) is 0 Å². The van der Waals surface area contributed by atoms with Gasteiger partial charge in [0.25, 0.3) is 5.69 Å². The number of halogens is 1. The van der Waals surface area contributed by atoms with Gasteiger partial charge in [0.2, 0.25) is 0 Å². The summed E-state index contributed by atoms with van der Waals surface area (Å²) in [7, 11) is 0. The van der Waals surface area contributed by atoms with E-state index in [4.69, 9.17) is 0 Å². The molecule has 0 aromatic heterocycles. The molecule has 0 spiro atoms. The maximum absolute atomic E-state index is 12.8. The second-order valence-electron chi connectivity index (χ2n) is 10.3. The fraction of sp³-hybridized carbons (Fsp3) is 0.440. The van der Waals surface area contributed by atoms with Gasteiger partial charge in [-0.3, -0.25) is 10.1 Å². The first-order chi connectivity index (χ1) is 16.2. The number of carbonyl (C=O) groups is 1. The van der Waals surface area contributed by atoms with E-state index < -0.39 is 11.0 Å². The van der Waals surface area contributed by atoms with Crippen LogP contribution in [0.15, 0.2) is 46.0 Å². The number of hydrazone groups is 1. The van der Waals surface area contributed by atoms with Crippen LogP contribution in [0.4, 0.5) is 10.5 Å². The third kappa shape index (κ3) is 4.17. The number of urea groups is 1. The van der Waals surface area contributed by atoms with E-state index >= 15 is 0 Å². The first-order valence-corrected chi connectivity index (χ1v) is 12.3. The van der Waals surface area contributed by atoms with Gasteiger partial charge in [-0.25, -0.2) is 10.2 Å². The highest BCUT2D eigenvalue weighted by Gasteiger charge is 2.58. The third-order valence-corrected chi connectivity index (χ3v) is 8.37. The van der Waals surface area contributed by atoms with E-state index in [1.165, 1.54) is 48.7 Å². The van der Waals surface area contributed by atoms with Gasteiger partial charge in [-0.05, 0) is 84.2 Å². The second kappa shape index (κ2) is 8.37. The quantitative estimate of drug-likeness (QED) is 0.278. The number of non-ortho nitro benzene ring substituents is 1. The molecule has 4 bridgehead atoms. The van der Waals surface area contributed by atoms with Crippen LogP contribution in [-0.2, 0) is 5.41 Å². The Bertz CT molecular complexity index is 1170. The second-order valence-corrected chi connectivity index (χ2v) is 11.2. The molecule has 34 heavy (non-hydrogen) atoms. The molecule has 0 saturated heterocycles. The molecule has 4 fully saturated rings. The van der Waals surface area contributed by atoms with E-state index in [0.717, 1.165) is 19.3 Å². The molecule has 2 atom stereocenters. The Hall–Kier alpha value is -2.94. The fourth-order valence-electron chi connectivity index (χ4n) is 6.89. The lowest BCUT2D eigenvalue weighted by atomic mass is 9.45. The number of nitrogens with zero attached hydrogens (tertiary/aromatic N) is 2. The largest absolute Gasteiger partial charge is 0.506 e. The molecule has 2 unspecified atom stereocenters. The monoisotopic (exact) mass is 526 g/mol. The molecule has 0 heterocycles. The molecule has 4 aliphatic carbocycles. The Morgan fingerprint density at radius 1 is 1.21 bits per heavy atom. The van der Waals surface area contributed by atoms with Crippen LogP contribution in [0.25, 0.3) is 0 Å². The van der Waals surface area contributed by atoms with Crippen molar-refractivity contribution in [3.63, 3.8) is 0 Å². The van der Waals surface area contributed by atoms with E-state index in [-0.39, 0.29) is 32.4 Å². The average Bonchev–Trinajstić information content (AvgIpc) is 2.75. The number of rotatable bonds is 5. The Balaban J connectivity index is 1.31. The summed E-state index contributed by atoms with van der Waals surface area (Å²) in [6.45, 7) is 2.10. The van der Waals surface area contributed by atoms with Crippen molar-refractivity contribution in [3.8, 4) is 5.75 Å². The van der Waals surface area contributed by atoms with Crippen molar-refractivity contribution in [3.05, 3.63) is 67.7 Å². The lowest BCUT2D eigenvalue weighted by Crippen LogP contribution is -2.65. The highest BCUT2D eigenvalue weighted by atomic mass is 79.9. The molecule has 6 rings (SSSR count). The Morgan fingerprint density at radius 3 is 2.53 bits per heavy atom. The number of aromatic hydroxyl groups is 1. The van der Waals surface area contributed by atoms with Gasteiger partial charge in [0.15, 0.2) is 0 Å². The van der Waals surface area contributed by atoms with Crippen molar-refractivity contribution in [2.24, 2.45) is 16.9 Å². The zero-order chi connectivity index (χ0) is 24.1. The molecule has 3 N–H and O–H groups in total. The Kier molecular flexibility index (Phi) is 5.62. The maximum Gasteiger partial charge on any atom is 0.335 e. The van der Waals surface area contributed by atoms with Crippen molar-refractivity contribution >= 4 is 33.9 Å². The van der Waals surface area contributed by atoms with Gasteiger partial charge < -0.3 is 10.4 Å². The van der Waals surface area contributed by atoms with Crippen LogP contribution in [0.1, 0.15) is 55.2 Å². The topological polar surface area (TPSA) is 117 Å². The predicted molar refractivity (Wildman–Crippen MR) is 132 cm³/mol. The average molecular weight is 527 g/mol. The molecule has 4 aliphatic rings. The van der Waals surface area contributed by atoms with Crippen molar-refractivity contribution in [2.45, 2.75) is 56.4 Å². The van der Waals surface area contributed by atoms with Crippen molar-refractivity contribution in [2.75, 3.05) is 0 Å². The first kappa shape index (κ1) is 22.8. The van der Waals surface area contributed by atoms with Gasteiger partial charge in [0, 0.05) is 23.2 Å². The summed E-state index contributed by atoms with van der Waals surface area (Å²) in [6, 6.07) is 10.9. The maximum atomic E-state index is 12.8. The molecule has 2 aromatic rings. The molecule has 0 radical (unpaired) electrons. The summed E-state index contributed by atoms with van der Waals surface area (Å²) in [5.41, 5.74) is 4.91. The van der Waals surface area contributed by atoms with Crippen LogP contribution < -0.4 is 10.7 Å². The van der Waals surface area contributed by atoms with E-state index in [9.17, 15) is 20.0 Å². The standard InChI is InChI=1S/C25H27BrN4O4/c1-15-2-4-19(5-3-15)24-9-16-6-17(10-24)12-25(11-16,14-24)28-23(32)29-27-13-18-7-20(30(33)34)8-21(26)22(18)31/h2-5,7-8,13,16-17,31H,6,9-12,14H2,1H3,(H2,28,29,32)/b27-13+. The number of aryl methyl sites for hydroxylation is 1. The molecule has 2 aromatic carbocycles. The lowest BCUT2D eigenvalue weighted by Gasteiger charge is -2.62. The van der Waals surface area contributed by atoms with E-state index in [1.54, 1.807) is 0 Å². The molecule has 8 nitrogen and oxygen atoms in total. The molecule has 2 amide bonds. The summed E-state index contributed by atoms with van der Waals surface area (Å²) in [4.78, 5) is 23.3. The van der Waals surface area contributed by atoms with Crippen LogP contribution in [0.5, 0.6) is 5.75 Å². The number of benzene rings is 2. The predicted octanol–water partition coefficient (Wildman–Crippen LogP) is 5.30. The number of nitro benzene ring substituents is 1. The number of carbonyl (C=O) groups excluding carboxylic acids is 1. The van der Waals surface area contributed by atoms with E-state index in [2.05, 4.69) is 63.0 Å². The lowest BCUT2D eigenvalue weighted by molar-refractivity contribution is -0.385. The highest BCUT2D eigenvalue weighted by molar-refractivity contribution is 9.10. The molecule has 9 heteroatoms. The van der Waals surface area contributed by atoms with Gasteiger partial charge >= 0.3 is 6.03 Å². The van der Waals surface area contributed by atoms with Crippen LogP contribution in [0.3, 0.4) is 0 Å². The van der Waals surface area contributed by atoms with Gasteiger partial charge in [-0.15, -0.1) is 0 Å². The number of hydrogen-bond acceptors (Lipinski definition) is 5. The first-order valence-electron chi connectivity index (χ1n) is 11.5. The molecule has 0 aliphatic heterocycles. The van der Waals surface area contributed by atoms with Crippen LogP contribution >= 0.6 is 15.9 Å². The third-order valence-electron chi connectivity index (χ3n) is 7.76. The minimum absolute atomic E-state index is 0.107. The van der Waals surface area contributed by atoms with Gasteiger partial charge in [0.1, 0.15) is 5.75 Å². The number of amides is 2. The molecule has 4 saturated carbocycles. The molecule has 178 valence electrons. The summed E-state index contributed by atoms with van der Waals surface area (Å²) >= 11 is 3.10. The normalized spacial score (nSPS) is 29.4. The summed E-state index contributed by atoms with van der Waals surface area (Å²) < 4.78 is 0.183. The summed E-state index contributed by atoms with van der Waals surface area (Å²) in [6.07, 6.45) is 7.68. The number of hydrogen-bond donors (Lipinski definition) is 3. The number of nitrogens with one attached hydrogen (secondary N) is 2. The van der Waals surface area contributed by atoms with Gasteiger partial charge in [-0.1, -0.05) is 29.8 Å². The van der Waals surface area contributed by atoms with E-state index in [1.807, 2.05) is 0 Å². The van der Waals surface area contributed by atoms with Crippen molar-refractivity contribution in [1.29, 1.82) is 0 Å². The van der Waals surface area contributed by atoms with Crippen molar-refractivity contribution in [1.82, 2.24) is 10.7 Å². The molecular formula is C25H27BrN4O4. The highest BCUT2D eigenvalue weighted by Crippen LogP contribution is 2.62. The number of nitro groups is 1. The van der Waals surface area contributed by atoms with E-state index in [0.29, 0.717) is 11.8 Å². The zero-order valence-corrected chi connectivity index (χ0v) is 20.5. The SMILES string of the molecule is Cc1ccc(C23CC4CC(CC(NC(=O)N/N=C/c5cc([N+](=O)[O-])cc(Br)c5O)(C4)C2)C3)cc1. The van der Waals surface area contributed by atoms with Crippen LogP contribution in [-0.4, -0.2) is 27.8 Å². The Morgan fingerprint density at radius 2 is 1.88 bits per heavy atom. The molecular weight excluding hydrogens is 500 g/mol. The summed E-state index contributed by atoms with van der Waals surface area (Å²) in [5, 5.41) is 28.4. The zero-order valence-electron chi connectivity index (χ0n) is 18.9. The smallest absolute Gasteiger partial charge is 0.335 e.